The van der Waals surface area contributed by atoms with E-state index < -0.39 is 0 Å². The highest BCUT2D eigenvalue weighted by molar-refractivity contribution is 7.99. The lowest BCUT2D eigenvalue weighted by molar-refractivity contribution is 0.344. The summed E-state index contributed by atoms with van der Waals surface area (Å²) in [6.45, 7) is 4.63. The quantitative estimate of drug-likeness (QED) is 0.263. The van der Waals surface area contributed by atoms with Crippen molar-refractivity contribution in [2.45, 2.75) is 11.7 Å². The van der Waals surface area contributed by atoms with E-state index in [9.17, 15) is 4.79 Å². The number of hydrogen-bond donors (Lipinski definition) is 0. The fraction of sp³-hybridized carbons (Fsp3) is 0.176. The normalized spacial score (nSPS) is 10.9. The Labute approximate surface area is 152 Å². The average Bonchev–Trinajstić information content (AvgIpc) is 3.05. The summed E-state index contributed by atoms with van der Waals surface area (Å²) in [5.74, 6) is 1.32. The number of thiophene rings is 1. The van der Waals surface area contributed by atoms with Crippen molar-refractivity contribution in [3.63, 3.8) is 0 Å². The van der Waals surface area contributed by atoms with E-state index in [1.54, 1.807) is 16.7 Å². The zero-order valence-corrected chi connectivity index (χ0v) is 15.2. The van der Waals surface area contributed by atoms with Gasteiger partial charge in [0.25, 0.3) is 5.56 Å². The minimum absolute atomic E-state index is 0.0318. The second-order valence-corrected chi connectivity index (χ2v) is 7.23. The van der Waals surface area contributed by atoms with E-state index in [4.69, 9.17) is 16.3 Å². The zero-order chi connectivity index (χ0) is 16.9. The van der Waals surface area contributed by atoms with E-state index >= 15 is 0 Å². The van der Waals surface area contributed by atoms with Crippen molar-refractivity contribution in [2.75, 3.05) is 12.4 Å². The summed E-state index contributed by atoms with van der Waals surface area (Å²) in [6, 6.07) is 9.17. The Morgan fingerprint density at radius 1 is 1.38 bits per heavy atom. The van der Waals surface area contributed by atoms with E-state index in [-0.39, 0.29) is 5.56 Å². The number of rotatable bonds is 7. The molecular weight excluding hydrogens is 364 g/mol. The molecule has 1 aromatic carbocycles. The fourth-order valence-electron chi connectivity index (χ4n) is 2.18. The maximum Gasteiger partial charge on any atom is 0.263 e. The van der Waals surface area contributed by atoms with E-state index in [0.717, 1.165) is 4.83 Å². The van der Waals surface area contributed by atoms with Gasteiger partial charge in [0.05, 0.1) is 17.0 Å². The van der Waals surface area contributed by atoms with Crippen molar-refractivity contribution in [1.82, 2.24) is 9.55 Å². The lowest BCUT2D eigenvalue weighted by Crippen LogP contribution is -2.22. The topological polar surface area (TPSA) is 44.1 Å². The van der Waals surface area contributed by atoms with E-state index in [1.807, 2.05) is 29.6 Å². The molecule has 0 spiro atoms. The number of benzene rings is 1. The number of fused-ring (bicyclic) bond motifs is 1. The van der Waals surface area contributed by atoms with Crippen molar-refractivity contribution in [1.29, 1.82) is 0 Å². The lowest BCUT2D eigenvalue weighted by atomic mass is 10.3. The number of halogens is 1. The summed E-state index contributed by atoms with van der Waals surface area (Å²) in [7, 11) is 0. The van der Waals surface area contributed by atoms with Gasteiger partial charge in [0.15, 0.2) is 5.16 Å². The van der Waals surface area contributed by atoms with Crippen molar-refractivity contribution in [2.24, 2.45) is 0 Å². The van der Waals surface area contributed by atoms with Crippen LogP contribution in [0, 0.1) is 0 Å². The molecule has 3 aromatic rings. The first kappa shape index (κ1) is 17.1. The molecule has 0 N–H and O–H groups in total. The number of allylic oxidation sites excluding steroid dienone is 1. The summed E-state index contributed by atoms with van der Waals surface area (Å²) in [5, 5.41) is 3.80. The minimum atomic E-state index is -0.0318. The van der Waals surface area contributed by atoms with Gasteiger partial charge in [-0.05, 0) is 23.6 Å². The third-order valence-corrected chi connectivity index (χ3v) is 5.33. The zero-order valence-electron chi connectivity index (χ0n) is 12.8. The molecule has 0 amide bonds. The molecule has 0 fully saturated rings. The van der Waals surface area contributed by atoms with Crippen LogP contribution >= 0.6 is 34.7 Å². The van der Waals surface area contributed by atoms with Gasteiger partial charge in [-0.1, -0.05) is 41.6 Å². The van der Waals surface area contributed by atoms with Crippen LogP contribution < -0.4 is 10.3 Å². The van der Waals surface area contributed by atoms with Crippen LogP contribution in [0.1, 0.15) is 0 Å². The molecule has 7 heteroatoms. The van der Waals surface area contributed by atoms with Crippen LogP contribution in [0.2, 0.25) is 5.02 Å². The molecule has 2 aromatic heterocycles. The number of thioether (sulfide) groups is 1. The van der Waals surface area contributed by atoms with Crippen molar-refractivity contribution >= 4 is 44.9 Å². The van der Waals surface area contributed by atoms with Crippen LogP contribution in [0.15, 0.2) is 58.3 Å². The molecule has 0 aliphatic carbocycles. The van der Waals surface area contributed by atoms with Crippen molar-refractivity contribution < 1.29 is 4.74 Å². The molecule has 0 saturated carbocycles. The van der Waals surface area contributed by atoms with Gasteiger partial charge in [0.1, 0.15) is 10.6 Å². The molecule has 0 bridgehead atoms. The Kier molecular flexibility index (Phi) is 5.60. The van der Waals surface area contributed by atoms with Crippen molar-refractivity contribution in [3.05, 3.63) is 63.7 Å². The van der Waals surface area contributed by atoms with E-state index in [1.165, 1.54) is 23.1 Å². The summed E-state index contributed by atoms with van der Waals surface area (Å²) < 4.78 is 7.32. The summed E-state index contributed by atoms with van der Waals surface area (Å²) in [6.07, 6.45) is 1.70. The van der Waals surface area contributed by atoms with Crippen LogP contribution in [0.5, 0.6) is 5.75 Å². The molecule has 2 heterocycles. The second kappa shape index (κ2) is 7.88. The fourth-order valence-corrected chi connectivity index (χ4v) is 4.00. The molecule has 0 radical (unpaired) electrons. The molecule has 0 aliphatic rings. The Bertz CT molecular complexity index is 920. The van der Waals surface area contributed by atoms with Crippen LogP contribution in [-0.2, 0) is 6.54 Å². The predicted octanol–water partition coefficient (Wildman–Crippen LogP) is 4.47. The smallest absolute Gasteiger partial charge is 0.263 e. The maximum absolute atomic E-state index is 12.5. The molecule has 0 aliphatic heterocycles. The monoisotopic (exact) mass is 378 g/mol. The Morgan fingerprint density at radius 3 is 3.00 bits per heavy atom. The maximum atomic E-state index is 12.5. The van der Waals surface area contributed by atoms with E-state index in [2.05, 4.69) is 11.6 Å². The number of para-hydroxylation sites is 1. The van der Waals surface area contributed by atoms with Crippen LogP contribution in [-0.4, -0.2) is 21.9 Å². The molecule has 4 nitrogen and oxygen atoms in total. The van der Waals surface area contributed by atoms with Crippen LogP contribution in [0.4, 0.5) is 0 Å². The standard InChI is InChI=1S/C17H15ClN2O2S2/c1-2-8-20-16(21)12-7-10-23-15(12)19-17(20)24-11-9-22-14-6-4-3-5-13(14)18/h2-7,10H,1,8-9,11H2. The van der Waals surface area contributed by atoms with Gasteiger partial charge in [0, 0.05) is 12.3 Å². The highest BCUT2D eigenvalue weighted by Gasteiger charge is 2.11. The van der Waals surface area contributed by atoms with Gasteiger partial charge in [-0.15, -0.1) is 17.9 Å². The lowest BCUT2D eigenvalue weighted by Gasteiger charge is -2.11. The molecule has 0 saturated heterocycles. The predicted molar refractivity (Wildman–Crippen MR) is 102 cm³/mol. The SMILES string of the molecule is C=CCn1c(SCCOc2ccccc2Cl)nc2sccc2c1=O. The first-order valence-corrected chi connectivity index (χ1v) is 9.54. The number of aromatic nitrogens is 2. The minimum Gasteiger partial charge on any atom is -0.491 e. The highest BCUT2D eigenvalue weighted by atomic mass is 35.5. The molecule has 3 rings (SSSR count). The van der Waals surface area contributed by atoms with Crippen LogP contribution in [0.25, 0.3) is 10.2 Å². The van der Waals surface area contributed by atoms with Gasteiger partial charge in [0.2, 0.25) is 0 Å². The summed E-state index contributed by atoms with van der Waals surface area (Å²) >= 11 is 9.02. The van der Waals surface area contributed by atoms with Gasteiger partial charge >= 0.3 is 0 Å². The molecule has 124 valence electrons. The largest absolute Gasteiger partial charge is 0.491 e. The first-order valence-electron chi connectivity index (χ1n) is 7.30. The Hall–Kier alpha value is -1.76. The van der Waals surface area contributed by atoms with Gasteiger partial charge in [-0.25, -0.2) is 4.98 Å². The van der Waals surface area contributed by atoms with Crippen LogP contribution in [0.3, 0.4) is 0 Å². The van der Waals surface area contributed by atoms with Gasteiger partial charge in [-0.2, -0.15) is 0 Å². The third kappa shape index (κ3) is 3.66. The highest BCUT2D eigenvalue weighted by Crippen LogP contribution is 2.24. The van der Waals surface area contributed by atoms with Gasteiger partial charge < -0.3 is 4.74 Å². The second-order valence-electron chi connectivity index (χ2n) is 4.87. The Morgan fingerprint density at radius 2 is 2.21 bits per heavy atom. The Balaban J connectivity index is 1.72. The summed E-state index contributed by atoms with van der Waals surface area (Å²) in [5.41, 5.74) is -0.0318. The average molecular weight is 379 g/mol. The number of hydrogen-bond acceptors (Lipinski definition) is 5. The first-order chi connectivity index (χ1) is 11.7. The number of ether oxygens (including phenoxy) is 1. The molecule has 24 heavy (non-hydrogen) atoms. The third-order valence-electron chi connectivity index (χ3n) is 3.27. The molecule has 0 unspecified atom stereocenters. The van der Waals surface area contributed by atoms with Crippen molar-refractivity contribution in [3.8, 4) is 5.75 Å². The number of nitrogens with zero attached hydrogens (tertiary/aromatic N) is 2. The summed E-state index contributed by atoms with van der Waals surface area (Å²) in [4.78, 5) is 17.9. The van der Waals surface area contributed by atoms with E-state index in [0.29, 0.717) is 40.2 Å². The van der Waals surface area contributed by atoms with Gasteiger partial charge in [-0.3, -0.25) is 9.36 Å². The molecule has 0 atom stereocenters. The molecular formula is C17H15ClN2O2S2.